The minimum atomic E-state index is -0.00984. The third kappa shape index (κ3) is 2.39. The Bertz CT molecular complexity index is 581. The van der Waals surface area contributed by atoms with Gasteiger partial charge in [0.1, 0.15) is 11.4 Å². The summed E-state index contributed by atoms with van der Waals surface area (Å²) in [7, 11) is 0. The Morgan fingerprint density at radius 3 is 2.88 bits per heavy atom. The minimum absolute atomic E-state index is 0.00984. The van der Waals surface area contributed by atoms with Gasteiger partial charge in [0.25, 0.3) is 0 Å². The first-order valence-corrected chi connectivity index (χ1v) is 5.82. The maximum Gasteiger partial charge on any atom is 0.181 e. The maximum atomic E-state index is 11.7. The molecule has 0 aliphatic carbocycles. The predicted molar refractivity (Wildman–Crippen MR) is 67.7 cm³/mol. The molecule has 0 saturated carbocycles. The van der Waals surface area contributed by atoms with Gasteiger partial charge in [0.2, 0.25) is 0 Å². The highest BCUT2D eigenvalue weighted by Gasteiger charge is 2.10. The van der Waals surface area contributed by atoms with Crippen LogP contribution in [-0.4, -0.2) is 15.9 Å². The van der Waals surface area contributed by atoms with Gasteiger partial charge in [0.05, 0.1) is 10.5 Å². The second kappa shape index (κ2) is 4.72. The Kier molecular flexibility index (Phi) is 3.29. The standard InChI is InChI=1S/C13H12ClNO2/c1-2-3-13(17)12-7-10(14)9-6-8(16)4-5-11(9)15-12/h4-7,16H,2-3H2,1H3. The van der Waals surface area contributed by atoms with Crippen LogP contribution in [0, 0.1) is 0 Å². The van der Waals surface area contributed by atoms with Crippen molar-refractivity contribution in [3.8, 4) is 5.75 Å². The fourth-order valence-corrected chi connectivity index (χ4v) is 1.93. The highest BCUT2D eigenvalue weighted by molar-refractivity contribution is 6.35. The molecule has 1 N–H and O–H groups in total. The van der Waals surface area contributed by atoms with E-state index < -0.39 is 0 Å². The molecule has 0 aliphatic heterocycles. The second-order valence-corrected chi connectivity index (χ2v) is 4.27. The molecule has 3 nitrogen and oxygen atoms in total. The summed E-state index contributed by atoms with van der Waals surface area (Å²) < 4.78 is 0. The lowest BCUT2D eigenvalue weighted by Gasteiger charge is -2.04. The SMILES string of the molecule is CCCC(=O)c1cc(Cl)c2cc(O)ccc2n1. The van der Waals surface area contributed by atoms with Gasteiger partial charge in [0.15, 0.2) is 5.78 Å². The molecule has 88 valence electrons. The summed E-state index contributed by atoms with van der Waals surface area (Å²) in [6, 6.07) is 6.28. The van der Waals surface area contributed by atoms with Gasteiger partial charge in [0, 0.05) is 11.8 Å². The molecule has 0 radical (unpaired) electrons. The number of phenolic OH excluding ortho intramolecular Hbond substituents is 1. The molecule has 0 aliphatic rings. The molecule has 0 spiro atoms. The van der Waals surface area contributed by atoms with Gasteiger partial charge in [-0.05, 0) is 30.7 Å². The zero-order chi connectivity index (χ0) is 12.4. The van der Waals surface area contributed by atoms with Crippen LogP contribution in [0.4, 0.5) is 0 Å². The topological polar surface area (TPSA) is 50.2 Å². The Hall–Kier alpha value is -1.61. The van der Waals surface area contributed by atoms with Crippen LogP contribution in [-0.2, 0) is 0 Å². The van der Waals surface area contributed by atoms with Gasteiger partial charge < -0.3 is 5.11 Å². The van der Waals surface area contributed by atoms with Gasteiger partial charge in [-0.2, -0.15) is 0 Å². The molecule has 2 rings (SSSR count). The number of fused-ring (bicyclic) bond motifs is 1. The molecule has 17 heavy (non-hydrogen) atoms. The number of benzene rings is 1. The largest absolute Gasteiger partial charge is 0.508 e. The molecule has 0 fully saturated rings. The van der Waals surface area contributed by atoms with Crippen molar-refractivity contribution >= 4 is 28.3 Å². The molecule has 2 aromatic rings. The molecule has 1 aromatic heterocycles. The molecular formula is C13H12ClNO2. The summed E-state index contributed by atoms with van der Waals surface area (Å²) in [5.41, 5.74) is 1.00. The van der Waals surface area contributed by atoms with E-state index in [2.05, 4.69) is 4.98 Å². The number of aromatic nitrogens is 1. The fourth-order valence-electron chi connectivity index (χ4n) is 1.67. The lowest BCUT2D eigenvalue weighted by atomic mass is 10.1. The summed E-state index contributed by atoms with van der Waals surface area (Å²) in [5.74, 6) is 0.123. The van der Waals surface area contributed by atoms with E-state index in [4.69, 9.17) is 11.6 Å². The van der Waals surface area contributed by atoms with Crippen LogP contribution in [0.3, 0.4) is 0 Å². The highest BCUT2D eigenvalue weighted by atomic mass is 35.5. The maximum absolute atomic E-state index is 11.7. The average Bonchev–Trinajstić information content (AvgIpc) is 2.30. The summed E-state index contributed by atoms with van der Waals surface area (Å²) in [4.78, 5) is 16.0. The summed E-state index contributed by atoms with van der Waals surface area (Å²) in [5, 5.41) is 10.5. The van der Waals surface area contributed by atoms with E-state index in [1.54, 1.807) is 18.2 Å². The van der Waals surface area contributed by atoms with Crippen molar-refractivity contribution in [1.29, 1.82) is 0 Å². The van der Waals surface area contributed by atoms with Crippen LogP contribution < -0.4 is 0 Å². The zero-order valence-electron chi connectivity index (χ0n) is 9.40. The van der Waals surface area contributed by atoms with Crippen molar-refractivity contribution in [2.75, 3.05) is 0 Å². The average molecular weight is 250 g/mol. The summed E-state index contributed by atoms with van der Waals surface area (Å²) in [6.07, 6.45) is 1.25. The Balaban J connectivity index is 2.56. The Morgan fingerprint density at radius 1 is 1.41 bits per heavy atom. The fraction of sp³-hybridized carbons (Fsp3) is 0.231. The molecule has 1 aromatic carbocycles. The van der Waals surface area contributed by atoms with Gasteiger partial charge in [-0.3, -0.25) is 4.79 Å². The minimum Gasteiger partial charge on any atom is -0.508 e. The van der Waals surface area contributed by atoms with Crippen LogP contribution in [0.2, 0.25) is 5.02 Å². The number of carbonyl (C=O) groups excluding carboxylic acids is 1. The summed E-state index contributed by atoms with van der Waals surface area (Å²) >= 11 is 6.08. The molecule has 0 bridgehead atoms. The first-order chi connectivity index (χ1) is 8.11. The number of rotatable bonds is 3. The molecule has 0 unspecified atom stereocenters. The van der Waals surface area contributed by atoms with Crippen molar-refractivity contribution in [2.24, 2.45) is 0 Å². The van der Waals surface area contributed by atoms with Crippen LogP contribution in [0.1, 0.15) is 30.3 Å². The highest BCUT2D eigenvalue weighted by Crippen LogP contribution is 2.26. The van der Waals surface area contributed by atoms with E-state index in [0.717, 1.165) is 6.42 Å². The number of ketones is 1. The van der Waals surface area contributed by atoms with E-state index in [-0.39, 0.29) is 11.5 Å². The van der Waals surface area contributed by atoms with Crippen LogP contribution in [0.15, 0.2) is 24.3 Å². The van der Waals surface area contributed by atoms with E-state index in [0.29, 0.717) is 28.0 Å². The number of hydrogen-bond donors (Lipinski definition) is 1. The van der Waals surface area contributed by atoms with Crippen LogP contribution in [0.5, 0.6) is 5.75 Å². The van der Waals surface area contributed by atoms with E-state index in [1.165, 1.54) is 6.07 Å². The molecule has 0 amide bonds. The monoisotopic (exact) mass is 249 g/mol. The molecule has 0 saturated heterocycles. The first-order valence-electron chi connectivity index (χ1n) is 5.44. The van der Waals surface area contributed by atoms with Crippen molar-refractivity contribution in [3.05, 3.63) is 35.0 Å². The lowest BCUT2D eigenvalue weighted by Crippen LogP contribution is -2.01. The molecule has 4 heteroatoms. The zero-order valence-corrected chi connectivity index (χ0v) is 10.2. The number of Topliss-reactive ketones (excluding diaryl/α,β-unsaturated/α-hetero) is 1. The van der Waals surface area contributed by atoms with Crippen molar-refractivity contribution in [2.45, 2.75) is 19.8 Å². The van der Waals surface area contributed by atoms with Crippen LogP contribution in [0.25, 0.3) is 10.9 Å². The van der Waals surface area contributed by atoms with E-state index in [1.807, 2.05) is 6.92 Å². The Morgan fingerprint density at radius 2 is 2.18 bits per heavy atom. The quantitative estimate of drug-likeness (QED) is 0.846. The number of carbonyl (C=O) groups is 1. The number of aromatic hydroxyl groups is 1. The summed E-state index contributed by atoms with van der Waals surface area (Å²) in [6.45, 7) is 1.94. The van der Waals surface area contributed by atoms with Gasteiger partial charge in [-0.1, -0.05) is 18.5 Å². The predicted octanol–water partition coefficient (Wildman–Crippen LogP) is 3.58. The molecule has 1 heterocycles. The van der Waals surface area contributed by atoms with E-state index in [9.17, 15) is 9.90 Å². The van der Waals surface area contributed by atoms with E-state index >= 15 is 0 Å². The third-order valence-electron chi connectivity index (χ3n) is 2.50. The number of nitrogens with zero attached hydrogens (tertiary/aromatic N) is 1. The number of pyridine rings is 1. The molecular weight excluding hydrogens is 238 g/mol. The van der Waals surface area contributed by atoms with Crippen molar-refractivity contribution in [3.63, 3.8) is 0 Å². The Labute approximate surface area is 104 Å². The van der Waals surface area contributed by atoms with Gasteiger partial charge in [-0.15, -0.1) is 0 Å². The van der Waals surface area contributed by atoms with Crippen molar-refractivity contribution < 1.29 is 9.90 Å². The molecule has 0 atom stereocenters. The van der Waals surface area contributed by atoms with Crippen molar-refractivity contribution in [1.82, 2.24) is 4.98 Å². The lowest BCUT2D eigenvalue weighted by molar-refractivity contribution is 0.0977. The number of halogens is 1. The van der Waals surface area contributed by atoms with Gasteiger partial charge in [-0.25, -0.2) is 4.98 Å². The normalized spacial score (nSPS) is 10.7. The smallest absolute Gasteiger partial charge is 0.181 e. The first kappa shape index (κ1) is 11.9. The van der Waals surface area contributed by atoms with Gasteiger partial charge >= 0.3 is 0 Å². The second-order valence-electron chi connectivity index (χ2n) is 3.86. The van der Waals surface area contributed by atoms with Crippen LogP contribution >= 0.6 is 11.6 Å². The number of phenols is 1. The number of hydrogen-bond acceptors (Lipinski definition) is 3. The third-order valence-corrected chi connectivity index (χ3v) is 2.82.